The molecule has 1 aliphatic heterocycles. The lowest BCUT2D eigenvalue weighted by atomic mass is 10.2. The summed E-state index contributed by atoms with van der Waals surface area (Å²) in [5.74, 6) is 0. The lowest BCUT2D eigenvalue weighted by Crippen LogP contribution is -2.34. The molecule has 112 valence electrons. The van der Waals surface area contributed by atoms with Gasteiger partial charge in [0, 0.05) is 25.7 Å². The van der Waals surface area contributed by atoms with Crippen molar-refractivity contribution in [3.63, 3.8) is 0 Å². The van der Waals surface area contributed by atoms with Crippen LogP contribution in [0.3, 0.4) is 0 Å². The minimum absolute atomic E-state index is 0.302. The van der Waals surface area contributed by atoms with Gasteiger partial charge in [-0.3, -0.25) is 0 Å². The molecule has 1 saturated heterocycles. The standard InChI is InChI=1S/C14H23N3O2S/c1-4-15-13-7-5-6-8-14(13)20(18,19)17-10-9-12(11-17)16(2)3/h5-8,12,15H,4,9-11H2,1-3H3. The Balaban J connectivity index is 2.28. The van der Waals surface area contributed by atoms with Crippen LogP contribution in [-0.2, 0) is 10.0 Å². The maximum Gasteiger partial charge on any atom is 0.245 e. The third-order valence-corrected chi connectivity index (χ3v) is 5.65. The van der Waals surface area contributed by atoms with Gasteiger partial charge in [-0.25, -0.2) is 8.42 Å². The smallest absolute Gasteiger partial charge is 0.245 e. The third kappa shape index (κ3) is 2.97. The quantitative estimate of drug-likeness (QED) is 0.893. The Hall–Kier alpha value is -1.11. The van der Waals surface area contributed by atoms with Crippen LogP contribution in [0.25, 0.3) is 0 Å². The molecule has 1 atom stereocenters. The second-order valence-electron chi connectivity index (χ2n) is 5.30. The largest absolute Gasteiger partial charge is 0.384 e. The van der Waals surface area contributed by atoms with Crippen LogP contribution in [0.15, 0.2) is 29.2 Å². The number of anilines is 1. The Labute approximate surface area is 121 Å². The number of sulfonamides is 1. The van der Waals surface area contributed by atoms with Gasteiger partial charge in [0.25, 0.3) is 0 Å². The highest BCUT2D eigenvalue weighted by atomic mass is 32.2. The Morgan fingerprint density at radius 1 is 1.35 bits per heavy atom. The van der Waals surface area contributed by atoms with Crippen molar-refractivity contribution in [2.75, 3.05) is 39.0 Å². The fourth-order valence-corrected chi connectivity index (χ4v) is 4.18. The van der Waals surface area contributed by atoms with Gasteiger partial charge in [0.05, 0.1) is 5.69 Å². The number of rotatable bonds is 5. The lowest BCUT2D eigenvalue weighted by molar-refractivity contribution is 0.302. The van der Waals surface area contributed by atoms with E-state index >= 15 is 0 Å². The van der Waals surface area contributed by atoms with Gasteiger partial charge < -0.3 is 10.2 Å². The Bertz CT molecular complexity index is 557. The van der Waals surface area contributed by atoms with Crippen molar-refractivity contribution in [3.8, 4) is 0 Å². The molecule has 0 saturated carbocycles. The molecule has 0 aliphatic carbocycles. The van der Waals surface area contributed by atoms with Crippen LogP contribution in [0.5, 0.6) is 0 Å². The van der Waals surface area contributed by atoms with Crippen molar-refractivity contribution >= 4 is 15.7 Å². The zero-order chi connectivity index (χ0) is 14.8. The van der Waals surface area contributed by atoms with Gasteiger partial charge in [-0.2, -0.15) is 4.31 Å². The molecule has 1 N–H and O–H groups in total. The van der Waals surface area contributed by atoms with E-state index in [9.17, 15) is 8.42 Å². The van der Waals surface area contributed by atoms with Crippen LogP contribution in [0.2, 0.25) is 0 Å². The van der Waals surface area contributed by atoms with Crippen molar-refractivity contribution in [1.29, 1.82) is 0 Å². The van der Waals surface area contributed by atoms with Crippen LogP contribution in [-0.4, -0.2) is 57.4 Å². The lowest BCUT2D eigenvalue weighted by Gasteiger charge is -2.21. The summed E-state index contributed by atoms with van der Waals surface area (Å²) in [5, 5.41) is 3.12. The van der Waals surface area contributed by atoms with Gasteiger partial charge in [-0.15, -0.1) is 0 Å². The van der Waals surface area contributed by atoms with Crippen molar-refractivity contribution < 1.29 is 8.42 Å². The van der Waals surface area contributed by atoms with Crippen LogP contribution in [0, 0.1) is 0 Å². The van der Waals surface area contributed by atoms with Crippen LogP contribution in [0.4, 0.5) is 5.69 Å². The molecule has 2 rings (SSSR count). The van der Waals surface area contributed by atoms with Gasteiger partial charge in [0.15, 0.2) is 0 Å². The van der Waals surface area contributed by atoms with E-state index in [0.717, 1.165) is 6.42 Å². The SMILES string of the molecule is CCNc1ccccc1S(=O)(=O)N1CCC(N(C)C)C1. The number of hydrogen-bond acceptors (Lipinski definition) is 4. The summed E-state index contributed by atoms with van der Waals surface area (Å²) in [5.41, 5.74) is 0.684. The van der Waals surface area contributed by atoms with Gasteiger partial charge in [-0.1, -0.05) is 12.1 Å². The average molecular weight is 297 g/mol. The topological polar surface area (TPSA) is 52.7 Å². The van der Waals surface area contributed by atoms with Crippen LogP contribution in [0.1, 0.15) is 13.3 Å². The minimum Gasteiger partial charge on any atom is -0.384 e. The highest BCUT2D eigenvalue weighted by molar-refractivity contribution is 7.89. The Morgan fingerprint density at radius 3 is 2.65 bits per heavy atom. The molecule has 0 spiro atoms. The number of para-hydroxylation sites is 1. The number of benzene rings is 1. The highest BCUT2D eigenvalue weighted by Gasteiger charge is 2.34. The molecule has 0 bridgehead atoms. The van der Waals surface area contributed by atoms with E-state index in [1.807, 2.05) is 33.2 Å². The van der Waals surface area contributed by atoms with Crippen molar-refractivity contribution in [1.82, 2.24) is 9.21 Å². The number of likely N-dealkylation sites (N-methyl/N-ethyl adjacent to an activating group) is 1. The maximum absolute atomic E-state index is 12.8. The van der Waals surface area contributed by atoms with Crippen LogP contribution < -0.4 is 5.32 Å². The summed E-state index contributed by atoms with van der Waals surface area (Å²) in [4.78, 5) is 2.47. The molecule has 1 aromatic carbocycles. The zero-order valence-corrected chi connectivity index (χ0v) is 13.2. The zero-order valence-electron chi connectivity index (χ0n) is 12.3. The second kappa shape index (κ2) is 6.11. The highest BCUT2D eigenvalue weighted by Crippen LogP contribution is 2.27. The molecule has 1 aliphatic rings. The summed E-state index contributed by atoms with van der Waals surface area (Å²) in [6, 6.07) is 7.42. The molecule has 20 heavy (non-hydrogen) atoms. The summed E-state index contributed by atoms with van der Waals surface area (Å²) in [6.45, 7) is 3.82. The van der Waals surface area contributed by atoms with Gasteiger partial charge >= 0.3 is 0 Å². The molecule has 6 heteroatoms. The van der Waals surface area contributed by atoms with E-state index in [1.54, 1.807) is 16.4 Å². The minimum atomic E-state index is -3.41. The molecule has 1 heterocycles. The molecule has 0 amide bonds. The second-order valence-corrected chi connectivity index (χ2v) is 7.20. The van der Waals surface area contributed by atoms with E-state index in [2.05, 4.69) is 10.2 Å². The Morgan fingerprint density at radius 2 is 2.05 bits per heavy atom. The van der Waals surface area contributed by atoms with E-state index in [4.69, 9.17) is 0 Å². The number of nitrogens with one attached hydrogen (secondary N) is 1. The number of hydrogen-bond donors (Lipinski definition) is 1. The van der Waals surface area contributed by atoms with E-state index in [-0.39, 0.29) is 0 Å². The molecule has 0 aromatic heterocycles. The van der Waals surface area contributed by atoms with Crippen molar-refractivity contribution in [2.45, 2.75) is 24.3 Å². The third-order valence-electron chi connectivity index (χ3n) is 3.73. The monoisotopic (exact) mass is 297 g/mol. The van der Waals surface area contributed by atoms with E-state index in [0.29, 0.717) is 36.3 Å². The first-order chi connectivity index (χ1) is 9.46. The first-order valence-corrected chi connectivity index (χ1v) is 8.40. The summed E-state index contributed by atoms with van der Waals surface area (Å²) in [7, 11) is 0.573. The molecule has 5 nitrogen and oxygen atoms in total. The fourth-order valence-electron chi connectivity index (χ4n) is 2.52. The van der Waals surface area contributed by atoms with Gasteiger partial charge in [0.1, 0.15) is 4.90 Å². The summed E-state index contributed by atoms with van der Waals surface area (Å²) >= 11 is 0. The number of nitrogens with zero attached hydrogens (tertiary/aromatic N) is 2. The molecule has 1 aromatic rings. The summed E-state index contributed by atoms with van der Waals surface area (Å²) in [6.07, 6.45) is 0.885. The predicted molar refractivity (Wildman–Crippen MR) is 81.5 cm³/mol. The van der Waals surface area contributed by atoms with Crippen molar-refractivity contribution in [3.05, 3.63) is 24.3 Å². The maximum atomic E-state index is 12.8. The summed E-state index contributed by atoms with van der Waals surface area (Å²) < 4.78 is 27.1. The first kappa shape index (κ1) is 15.3. The van der Waals surface area contributed by atoms with Crippen molar-refractivity contribution in [2.24, 2.45) is 0 Å². The normalized spacial score (nSPS) is 20.5. The first-order valence-electron chi connectivity index (χ1n) is 6.96. The average Bonchev–Trinajstić information content (AvgIpc) is 2.90. The fraction of sp³-hybridized carbons (Fsp3) is 0.571. The Kier molecular flexibility index (Phi) is 4.67. The van der Waals surface area contributed by atoms with E-state index < -0.39 is 10.0 Å². The van der Waals surface area contributed by atoms with Gasteiger partial charge in [-0.05, 0) is 39.6 Å². The molecule has 1 unspecified atom stereocenters. The molecule has 1 fully saturated rings. The predicted octanol–water partition coefficient (Wildman–Crippen LogP) is 1.44. The van der Waals surface area contributed by atoms with E-state index in [1.165, 1.54) is 0 Å². The molecular formula is C14H23N3O2S. The van der Waals surface area contributed by atoms with Crippen LogP contribution >= 0.6 is 0 Å². The molecule has 0 radical (unpaired) electrons. The molecular weight excluding hydrogens is 274 g/mol. The van der Waals surface area contributed by atoms with Gasteiger partial charge in [0.2, 0.25) is 10.0 Å².